The van der Waals surface area contributed by atoms with Crippen molar-refractivity contribution in [1.29, 1.82) is 0 Å². The second-order valence-corrected chi connectivity index (χ2v) is 4.68. The van der Waals surface area contributed by atoms with Gasteiger partial charge in [-0.3, -0.25) is 9.59 Å². The van der Waals surface area contributed by atoms with Gasteiger partial charge in [0.05, 0.1) is 0 Å². The maximum Gasteiger partial charge on any atom is 0.222 e. The standard InChI is InChI=1S/C14H29N3O2.ClH/c1-5-15-12(4)11-16-13(18)9-8-10-14(19)17(6-2)7-3;/h12,15H,5-11H2,1-4H3,(H,16,18);1H/t12-;/m1./s1. The SMILES string of the molecule is CCN[C@H](C)CNC(=O)CCCC(=O)N(CC)CC.Cl. The zero-order chi connectivity index (χ0) is 14.7. The maximum absolute atomic E-state index is 11.7. The van der Waals surface area contributed by atoms with Crippen molar-refractivity contribution in [3.8, 4) is 0 Å². The number of likely N-dealkylation sites (N-methyl/N-ethyl adjacent to an activating group) is 1. The Labute approximate surface area is 129 Å². The van der Waals surface area contributed by atoms with Gasteiger partial charge in [-0.05, 0) is 33.7 Å². The summed E-state index contributed by atoms with van der Waals surface area (Å²) >= 11 is 0. The van der Waals surface area contributed by atoms with E-state index in [2.05, 4.69) is 10.6 Å². The van der Waals surface area contributed by atoms with Gasteiger partial charge in [0.15, 0.2) is 0 Å². The monoisotopic (exact) mass is 307 g/mol. The van der Waals surface area contributed by atoms with Crippen molar-refractivity contribution in [2.24, 2.45) is 0 Å². The fourth-order valence-corrected chi connectivity index (χ4v) is 1.91. The third kappa shape index (κ3) is 10.0. The molecule has 5 nitrogen and oxygen atoms in total. The second kappa shape index (κ2) is 13.2. The smallest absolute Gasteiger partial charge is 0.222 e. The average Bonchev–Trinajstić information content (AvgIpc) is 2.38. The first-order valence-corrected chi connectivity index (χ1v) is 7.32. The van der Waals surface area contributed by atoms with Crippen LogP contribution in [0, 0.1) is 0 Å². The molecule has 6 heteroatoms. The first-order chi connectivity index (χ1) is 9.04. The fourth-order valence-electron chi connectivity index (χ4n) is 1.91. The molecule has 0 aliphatic carbocycles. The van der Waals surface area contributed by atoms with Crippen LogP contribution in [0.4, 0.5) is 0 Å². The highest BCUT2D eigenvalue weighted by atomic mass is 35.5. The van der Waals surface area contributed by atoms with Crippen LogP contribution in [0.15, 0.2) is 0 Å². The highest BCUT2D eigenvalue weighted by molar-refractivity contribution is 5.85. The first-order valence-electron chi connectivity index (χ1n) is 7.32. The molecule has 0 rings (SSSR count). The lowest BCUT2D eigenvalue weighted by Gasteiger charge is -2.18. The van der Waals surface area contributed by atoms with Crippen LogP contribution < -0.4 is 10.6 Å². The van der Waals surface area contributed by atoms with Crippen LogP contribution in [-0.2, 0) is 9.59 Å². The Morgan fingerprint density at radius 1 is 1.10 bits per heavy atom. The molecule has 0 spiro atoms. The molecule has 2 amide bonds. The van der Waals surface area contributed by atoms with E-state index >= 15 is 0 Å². The van der Waals surface area contributed by atoms with Gasteiger partial charge in [-0.25, -0.2) is 0 Å². The molecule has 0 aliphatic rings. The number of rotatable bonds is 10. The second-order valence-electron chi connectivity index (χ2n) is 4.68. The topological polar surface area (TPSA) is 61.4 Å². The van der Waals surface area contributed by atoms with Gasteiger partial charge in [-0.15, -0.1) is 12.4 Å². The van der Waals surface area contributed by atoms with E-state index in [4.69, 9.17) is 0 Å². The number of halogens is 1. The molecule has 0 aromatic rings. The molecule has 0 saturated carbocycles. The number of carbonyl (C=O) groups excluding carboxylic acids is 2. The molecule has 0 saturated heterocycles. The summed E-state index contributed by atoms with van der Waals surface area (Å²) in [5.74, 6) is 0.163. The zero-order valence-corrected chi connectivity index (χ0v) is 14.0. The molecule has 2 N–H and O–H groups in total. The Morgan fingerprint density at radius 3 is 2.20 bits per heavy atom. The van der Waals surface area contributed by atoms with Gasteiger partial charge in [-0.1, -0.05) is 6.92 Å². The molecule has 0 aromatic heterocycles. The minimum Gasteiger partial charge on any atom is -0.355 e. The lowest BCUT2D eigenvalue weighted by molar-refractivity contribution is -0.131. The van der Waals surface area contributed by atoms with Gasteiger partial charge >= 0.3 is 0 Å². The average molecular weight is 308 g/mol. The molecular formula is C14H30ClN3O2. The predicted octanol–water partition coefficient (Wildman–Crippen LogP) is 1.56. The Kier molecular flexibility index (Phi) is 14.2. The van der Waals surface area contributed by atoms with Crippen LogP contribution in [0.1, 0.15) is 47.0 Å². The van der Waals surface area contributed by atoms with E-state index in [1.54, 1.807) is 4.90 Å². The number of amides is 2. The van der Waals surface area contributed by atoms with Crippen LogP contribution in [0.25, 0.3) is 0 Å². The Morgan fingerprint density at radius 2 is 1.70 bits per heavy atom. The molecule has 0 bridgehead atoms. The molecule has 0 unspecified atom stereocenters. The predicted molar refractivity (Wildman–Crippen MR) is 85.2 cm³/mol. The quantitative estimate of drug-likeness (QED) is 0.644. The summed E-state index contributed by atoms with van der Waals surface area (Å²) in [6.07, 6.45) is 1.50. The molecule has 0 radical (unpaired) electrons. The summed E-state index contributed by atoms with van der Waals surface area (Å²) in [6, 6.07) is 0.284. The highest BCUT2D eigenvalue weighted by Gasteiger charge is 2.10. The number of carbonyl (C=O) groups is 2. The van der Waals surface area contributed by atoms with E-state index in [9.17, 15) is 9.59 Å². The molecule has 0 fully saturated rings. The lowest BCUT2D eigenvalue weighted by atomic mass is 10.2. The maximum atomic E-state index is 11.7. The van der Waals surface area contributed by atoms with Gasteiger partial charge in [0.2, 0.25) is 11.8 Å². The van der Waals surface area contributed by atoms with E-state index in [1.807, 2.05) is 27.7 Å². The van der Waals surface area contributed by atoms with E-state index < -0.39 is 0 Å². The molecule has 0 heterocycles. The fraction of sp³-hybridized carbons (Fsp3) is 0.857. The number of nitrogens with one attached hydrogen (secondary N) is 2. The number of hydrogen-bond acceptors (Lipinski definition) is 3. The van der Waals surface area contributed by atoms with E-state index in [0.29, 0.717) is 25.8 Å². The molecular weight excluding hydrogens is 278 g/mol. The van der Waals surface area contributed by atoms with Gasteiger partial charge in [-0.2, -0.15) is 0 Å². The zero-order valence-electron chi connectivity index (χ0n) is 13.2. The van der Waals surface area contributed by atoms with Crippen molar-refractivity contribution < 1.29 is 9.59 Å². The van der Waals surface area contributed by atoms with E-state index in [0.717, 1.165) is 19.6 Å². The summed E-state index contributed by atoms with van der Waals surface area (Å²) in [5, 5.41) is 6.10. The first kappa shape index (κ1) is 21.5. The van der Waals surface area contributed by atoms with E-state index in [1.165, 1.54) is 0 Å². The number of nitrogens with zero attached hydrogens (tertiary/aromatic N) is 1. The lowest BCUT2D eigenvalue weighted by Crippen LogP contribution is -2.38. The van der Waals surface area contributed by atoms with Crippen LogP contribution in [0.2, 0.25) is 0 Å². The summed E-state index contributed by atoms with van der Waals surface area (Å²) < 4.78 is 0. The van der Waals surface area contributed by atoms with Gasteiger partial charge in [0.25, 0.3) is 0 Å². The largest absolute Gasteiger partial charge is 0.355 e. The Bertz CT molecular complexity index is 271. The Hall–Kier alpha value is -0.810. The van der Waals surface area contributed by atoms with Crippen LogP contribution in [0.3, 0.4) is 0 Å². The van der Waals surface area contributed by atoms with Crippen molar-refractivity contribution >= 4 is 24.2 Å². The van der Waals surface area contributed by atoms with Crippen molar-refractivity contribution in [2.45, 2.75) is 53.0 Å². The minimum atomic E-state index is 0. The van der Waals surface area contributed by atoms with Crippen LogP contribution in [0.5, 0.6) is 0 Å². The molecule has 120 valence electrons. The van der Waals surface area contributed by atoms with E-state index in [-0.39, 0.29) is 30.3 Å². The van der Waals surface area contributed by atoms with Crippen molar-refractivity contribution in [1.82, 2.24) is 15.5 Å². The van der Waals surface area contributed by atoms with Crippen LogP contribution in [-0.4, -0.2) is 48.9 Å². The summed E-state index contributed by atoms with van der Waals surface area (Å²) in [7, 11) is 0. The highest BCUT2D eigenvalue weighted by Crippen LogP contribution is 2.01. The summed E-state index contributed by atoms with van der Waals surface area (Å²) in [4.78, 5) is 25.1. The molecule has 0 aliphatic heterocycles. The normalized spacial score (nSPS) is 11.4. The molecule has 0 aromatic carbocycles. The Balaban J connectivity index is 0. The van der Waals surface area contributed by atoms with Gasteiger partial charge < -0.3 is 15.5 Å². The minimum absolute atomic E-state index is 0. The third-order valence-corrected chi connectivity index (χ3v) is 3.07. The van der Waals surface area contributed by atoms with Crippen molar-refractivity contribution in [3.63, 3.8) is 0 Å². The third-order valence-electron chi connectivity index (χ3n) is 3.07. The van der Waals surface area contributed by atoms with Gasteiger partial charge in [0, 0.05) is 38.5 Å². The van der Waals surface area contributed by atoms with Gasteiger partial charge in [0.1, 0.15) is 0 Å². The molecule has 1 atom stereocenters. The summed E-state index contributed by atoms with van der Waals surface area (Å²) in [6.45, 7) is 11.0. The van der Waals surface area contributed by atoms with Crippen molar-refractivity contribution in [2.75, 3.05) is 26.2 Å². The van der Waals surface area contributed by atoms with Crippen molar-refractivity contribution in [3.05, 3.63) is 0 Å². The molecule has 20 heavy (non-hydrogen) atoms. The summed E-state index contributed by atoms with van der Waals surface area (Å²) in [5.41, 5.74) is 0. The number of hydrogen-bond donors (Lipinski definition) is 2. The van der Waals surface area contributed by atoms with Crippen LogP contribution >= 0.6 is 12.4 Å².